The lowest BCUT2D eigenvalue weighted by atomic mass is 10.1. The highest BCUT2D eigenvalue weighted by atomic mass is 35.5. The van der Waals surface area contributed by atoms with E-state index in [-0.39, 0.29) is 42.3 Å². The number of nitrogens with one attached hydrogen (secondary N) is 4. The lowest BCUT2D eigenvalue weighted by molar-refractivity contribution is -0.147. The van der Waals surface area contributed by atoms with Gasteiger partial charge in [0.15, 0.2) is 6.73 Å². The van der Waals surface area contributed by atoms with E-state index in [4.69, 9.17) is 42.1 Å². The maximum absolute atomic E-state index is 13.5. The summed E-state index contributed by atoms with van der Waals surface area (Å²) < 4.78 is 23.5. The molecule has 19 nitrogen and oxygen atoms in total. The molecule has 3 rings (SSSR count). The Bertz CT molecular complexity index is 2200. The summed E-state index contributed by atoms with van der Waals surface area (Å²) in [4.78, 5) is 98.8. The minimum Gasteiger partial charge on any atom is -0.444 e. The first-order valence-corrected chi connectivity index (χ1v) is 20.7. The van der Waals surface area contributed by atoms with Crippen LogP contribution in [-0.2, 0) is 41.8 Å². The molecule has 0 aliphatic rings. The molecule has 1 aromatic heterocycles. The summed E-state index contributed by atoms with van der Waals surface area (Å²) in [5.74, 6) is -2.74. The molecule has 2 aromatic carbocycles. The molecule has 0 aliphatic heterocycles. The number of esters is 1. The van der Waals surface area contributed by atoms with Crippen molar-refractivity contribution in [3.63, 3.8) is 0 Å². The number of benzene rings is 2. The molecule has 0 spiro atoms. The third-order valence-corrected chi connectivity index (χ3v) is 8.81. The zero-order valence-corrected chi connectivity index (χ0v) is 38.2. The fourth-order valence-electron chi connectivity index (χ4n) is 4.78. The van der Waals surface area contributed by atoms with E-state index < -0.39 is 77.9 Å². The van der Waals surface area contributed by atoms with Crippen molar-refractivity contribution in [2.24, 2.45) is 9.98 Å². The minimum absolute atomic E-state index is 0.0553. The molecule has 0 aliphatic carbocycles. The van der Waals surface area contributed by atoms with Crippen LogP contribution in [0.4, 0.5) is 14.4 Å². The number of carbonyl (C=O) groups is 6. The van der Waals surface area contributed by atoms with Crippen LogP contribution in [0, 0.1) is 0 Å². The Balaban J connectivity index is 1.75. The van der Waals surface area contributed by atoms with E-state index >= 15 is 0 Å². The van der Waals surface area contributed by atoms with Gasteiger partial charge < -0.3 is 29.6 Å². The van der Waals surface area contributed by atoms with Crippen molar-refractivity contribution in [2.75, 3.05) is 13.1 Å². The summed E-state index contributed by atoms with van der Waals surface area (Å²) in [6.07, 6.45) is -2.68. The van der Waals surface area contributed by atoms with Gasteiger partial charge in [-0.15, -0.1) is 0 Å². The molecule has 1 heterocycles. The van der Waals surface area contributed by atoms with Gasteiger partial charge in [0.1, 0.15) is 29.4 Å². The summed E-state index contributed by atoms with van der Waals surface area (Å²) in [5.41, 5.74) is -2.35. The molecule has 0 fully saturated rings. The Morgan fingerprint density at radius 1 is 0.758 bits per heavy atom. The van der Waals surface area contributed by atoms with Gasteiger partial charge in [0.25, 0.3) is 5.91 Å². The summed E-state index contributed by atoms with van der Waals surface area (Å²) in [5, 5.41) is 10.5. The van der Waals surface area contributed by atoms with Crippen LogP contribution < -0.4 is 31.8 Å². The van der Waals surface area contributed by atoms with Gasteiger partial charge in [-0.1, -0.05) is 35.3 Å². The third kappa shape index (κ3) is 18.9. The fourth-order valence-corrected chi connectivity index (χ4v) is 5.97. The highest BCUT2D eigenvalue weighted by Crippen LogP contribution is 2.13. The number of hydrogen-bond donors (Lipinski definition) is 4. The first kappa shape index (κ1) is 50.6. The standard InChI is InChI=1S/C40H52Cl2N8O11S/c1-38(2,3)59-34(54)45-28(11-10-20-43-32(47-35(55)60-39(4,5)6)48-36(56)61-40(7,8)9)31(53)44-21-29(51)58-23-49-33(46-30(52)25-14-18-27(42)19-15-25)62-50(37(49)57)22-24-12-16-26(41)17-13-24/h12-19,28H,10-11,20-23H2,1-9H3,(H,44,53)(H,45,54)(H2,43,47,48,55,56)/t28-/m0/s1. The van der Waals surface area contributed by atoms with E-state index in [1.807, 2.05) is 0 Å². The van der Waals surface area contributed by atoms with E-state index in [1.165, 1.54) is 28.2 Å². The Morgan fingerprint density at radius 3 is 1.81 bits per heavy atom. The number of amides is 5. The SMILES string of the molecule is CC(C)(C)OC(=O)NC(=NCCC[C@H](NC(=O)OC(C)(C)C)C(=O)NCC(=O)OCn1c(=NC(=O)c2ccc(Cl)cc2)sn(Cc2ccc(Cl)cc2)c1=O)NC(=O)OC(C)(C)C. The van der Waals surface area contributed by atoms with Gasteiger partial charge in [-0.05, 0) is 129 Å². The molecule has 0 unspecified atom stereocenters. The number of carbonyl (C=O) groups excluding carboxylic acids is 6. The van der Waals surface area contributed by atoms with Gasteiger partial charge in [0, 0.05) is 22.2 Å². The van der Waals surface area contributed by atoms with E-state index in [2.05, 4.69) is 31.3 Å². The van der Waals surface area contributed by atoms with Crippen LogP contribution in [0.1, 0.15) is 91.1 Å². The Labute approximate surface area is 372 Å². The van der Waals surface area contributed by atoms with Crippen LogP contribution >= 0.6 is 34.7 Å². The largest absolute Gasteiger partial charge is 0.444 e. The van der Waals surface area contributed by atoms with E-state index in [9.17, 15) is 33.6 Å². The molecule has 0 saturated heterocycles. The highest BCUT2D eigenvalue weighted by molar-refractivity contribution is 7.03. The van der Waals surface area contributed by atoms with Gasteiger partial charge in [-0.2, -0.15) is 4.99 Å². The predicted octanol–water partition coefficient (Wildman–Crippen LogP) is 5.50. The van der Waals surface area contributed by atoms with Crippen LogP contribution in [-0.4, -0.2) is 86.5 Å². The molecular weight excluding hydrogens is 871 g/mol. The van der Waals surface area contributed by atoms with Crippen LogP contribution in [0.2, 0.25) is 10.0 Å². The van der Waals surface area contributed by atoms with Gasteiger partial charge in [-0.3, -0.25) is 30.0 Å². The maximum atomic E-state index is 13.5. The fraction of sp³-hybridized carbons (Fsp3) is 0.475. The summed E-state index contributed by atoms with van der Waals surface area (Å²) in [7, 11) is 0. The summed E-state index contributed by atoms with van der Waals surface area (Å²) in [6.45, 7) is 13.5. The molecule has 0 radical (unpaired) electrons. The first-order chi connectivity index (χ1) is 28.8. The number of ether oxygens (including phenoxy) is 4. The zero-order chi connectivity index (χ0) is 46.4. The number of halogens is 2. The van der Waals surface area contributed by atoms with Crippen molar-refractivity contribution in [2.45, 2.75) is 111 Å². The average Bonchev–Trinajstić information content (AvgIpc) is 3.41. The van der Waals surface area contributed by atoms with Gasteiger partial charge >= 0.3 is 29.9 Å². The molecule has 338 valence electrons. The molecule has 62 heavy (non-hydrogen) atoms. The Morgan fingerprint density at radius 2 is 1.27 bits per heavy atom. The quantitative estimate of drug-likeness (QED) is 0.0549. The molecule has 1 atom stereocenters. The Kier molecular flexibility index (Phi) is 18.3. The molecule has 5 amide bonds. The van der Waals surface area contributed by atoms with Gasteiger partial charge in [0.2, 0.25) is 16.7 Å². The van der Waals surface area contributed by atoms with Crippen LogP contribution in [0.15, 0.2) is 63.3 Å². The molecule has 0 saturated carbocycles. The zero-order valence-electron chi connectivity index (χ0n) is 35.9. The maximum Gasteiger partial charge on any atom is 0.414 e. The number of hydrogen-bond acceptors (Lipinski definition) is 13. The number of aliphatic imine (C=N–C) groups is 1. The average molecular weight is 924 g/mol. The van der Waals surface area contributed by atoms with Crippen LogP contribution in [0.3, 0.4) is 0 Å². The smallest absolute Gasteiger partial charge is 0.414 e. The normalized spacial score (nSPS) is 12.3. The number of nitrogens with zero attached hydrogens (tertiary/aromatic N) is 4. The first-order valence-electron chi connectivity index (χ1n) is 19.1. The topological polar surface area (TPSA) is 239 Å². The van der Waals surface area contributed by atoms with Crippen molar-refractivity contribution in [3.8, 4) is 0 Å². The predicted molar refractivity (Wildman–Crippen MR) is 231 cm³/mol. The third-order valence-electron chi connectivity index (χ3n) is 7.32. The molecule has 4 N–H and O–H groups in total. The molecule has 22 heteroatoms. The lowest BCUT2D eigenvalue weighted by Gasteiger charge is -2.23. The van der Waals surface area contributed by atoms with Crippen molar-refractivity contribution in [1.82, 2.24) is 29.8 Å². The Hall–Kier alpha value is -5.73. The second kappa shape index (κ2) is 22.4. The van der Waals surface area contributed by atoms with Crippen molar-refractivity contribution >= 4 is 76.8 Å². The monoisotopic (exact) mass is 922 g/mol. The lowest BCUT2D eigenvalue weighted by Crippen LogP contribution is -2.49. The van der Waals surface area contributed by atoms with Gasteiger partial charge in [0.05, 0.1) is 6.54 Å². The van der Waals surface area contributed by atoms with E-state index in [0.29, 0.717) is 10.0 Å². The van der Waals surface area contributed by atoms with Crippen molar-refractivity contribution < 1.29 is 47.7 Å². The van der Waals surface area contributed by atoms with Crippen LogP contribution in [0.5, 0.6) is 0 Å². The summed E-state index contributed by atoms with van der Waals surface area (Å²) >= 11 is 12.8. The van der Waals surface area contributed by atoms with E-state index in [0.717, 1.165) is 21.7 Å². The van der Waals surface area contributed by atoms with Crippen LogP contribution in [0.25, 0.3) is 0 Å². The highest BCUT2D eigenvalue weighted by Gasteiger charge is 2.26. The molecular formula is C40H52Cl2N8O11S. The van der Waals surface area contributed by atoms with Crippen molar-refractivity contribution in [1.29, 1.82) is 0 Å². The van der Waals surface area contributed by atoms with Crippen molar-refractivity contribution in [3.05, 3.63) is 85.0 Å². The molecule has 0 bridgehead atoms. The number of rotatable bonds is 13. The van der Waals surface area contributed by atoms with Gasteiger partial charge in [-0.25, -0.2) is 27.7 Å². The number of alkyl carbamates (subject to hydrolysis) is 3. The van der Waals surface area contributed by atoms with E-state index in [1.54, 1.807) is 86.6 Å². The number of aromatic nitrogens is 2. The second-order valence-corrected chi connectivity index (χ2v) is 18.2. The molecule has 3 aromatic rings. The minimum atomic E-state index is -1.26. The number of guanidine groups is 1. The summed E-state index contributed by atoms with van der Waals surface area (Å²) in [6, 6.07) is 11.5. The second-order valence-electron chi connectivity index (χ2n) is 16.4.